The van der Waals surface area contributed by atoms with Gasteiger partial charge in [0.25, 0.3) is 11.8 Å². The van der Waals surface area contributed by atoms with Crippen molar-refractivity contribution in [1.29, 1.82) is 0 Å². The van der Waals surface area contributed by atoms with Crippen LogP contribution in [0.3, 0.4) is 0 Å². The van der Waals surface area contributed by atoms with Crippen LogP contribution in [-0.2, 0) is 15.5 Å². The average molecular weight is 408 g/mol. The summed E-state index contributed by atoms with van der Waals surface area (Å²) < 4.78 is 26.7. The van der Waals surface area contributed by atoms with Crippen LogP contribution >= 0.6 is 0 Å². The number of likely N-dealkylation sites (tertiary alicyclic amines) is 2. The van der Waals surface area contributed by atoms with Crippen molar-refractivity contribution in [3.8, 4) is 0 Å². The Balaban J connectivity index is 1.54. The van der Waals surface area contributed by atoms with E-state index in [9.17, 15) is 23.5 Å². The molecular formula is C22H30F2N2O3. The highest BCUT2D eigenvalue weighted by Gasteiger charge is 2.36. The Hall–Kier alpha value is -2.02. The normalized spacial score (nSPS) is 20.6. The van der Waals surface area contributed by atoms with Crippen molar-refractivity contribution in [3.63, 3.8) is 0 Å². The molecule has 0 saturated carbocycles. The monoisotopic (exact) mass is 408 g/mol. The van der Waals surface area contributed by atoms with Gasteiger partial charge in [0.1, 0.15) is 6.10 Å². The molecule has 0 aromatic heterocycles. The van der Waals surface area contributed by atoms with Crippen molar-refractivity contribution < 1.29 is 23.5 Å². The molecule has 2 aliphatic rings. The summed E-state index contributed by atoms with van der Waals surface area (Å²) in [5.74, 6) is -3.97. The lowest BCUT2D eigenvalue weighted by atomic mass is 9.88. The molecule has 2 atom stereocenters. The lowest BCUT2D eigenvalue weighted by Crippen LogP contribution is -2.48. The molecule has 1 aromatic rings. The highest BCUT2D eigenvalue weighted by Crippen LogP contribution is 2.32. The fourth-order valence-corrected chi connectivity index (χ4v) is 4.24. The van der Waals surface area contributed by atoms with Crippen LogP contribution in [0.1, 0.15) is 56.6 Å². The predicted octanol–water partition coefficient (Wildman–Crippen LogP) is 3.12. The molecule has 1 aromatic carbocycles. The Morgan fingerprint density at radius 1 is 1.00 bits per heavy atom. The maximum atomic E-state index is 13.4. The second-order valence-electron chi connectivity index (χ2n) is 8.38. The van der Waals surface area contributed by atoms with Crippen molar-refractivity contribution in [2.45, 2.75) is 57.5 Å². The van der Waals surface area contributed by atoms with Gasteiger partial charge in [-0.2, -0.15) is 0 Å². The molecule has 2 heterocycles. The van der Waals surface area contributed by atoms with Crippen molar-refractivity contribution in [1.82, 2.24) is 9.80 Å². The van der Waals surface area contributed by atoms with E-state index in [0.717, 1.165) is 38.2 Å². The van der Waals surface area contributed by atoms with Crippen LogP contribution in [0.25, 0.3) is 0 Å². The van der Waals surface area contributed by atoms with Gasteiger partial charge in [0.05, 0.1) is 5.92 Å². The minimum Gasteiger partial charge on any atom is -0.382 e. The third kappa shape index (κ3) is 4.94. The summed E-state index contributed by atoms with van der Waals surface area (Å²) >= 11 is 0. The smallest absolute Gasteiger partial charge is 0.270 e. The van der Waals surface area contributed by atoms with Gasteiger partial charge in [-0.1, -0.05) is 31.2 Å². The molecule has 7 heteroatoms. The molecule has 0 bridgehead atoms. The standard InChI is InChI=1S/C22H30F2N2O3/c1-15(19(27)21(29)25-11-3-4-12-25)20(28)26-13-9-17(10-14-26)16-5-7-18(8-6-16)22(2,23)24/h5-8,15,17,19,27H,3-4,9-14H2,1-2H3/t15-,19-/m1/s1. The number of rotatable bonds is 5. The van der Waals surface area contributed by atoms with Gasteiger partial charge >= 0.3 is 0 Å². The minimum atomic E-state index is -2.85. The second kappa shape index (κ2) is 8.78. The quantitative estimate of drug-likeness (QED) is 0.814. The van der Waals surface area contributed by atoms with E-state index in [1.807, 2.05) is 0 Å². The fourth-order valence-electron chi connectivity index (χ4n) is 4.24. The van der Waals surface area contributed by atoms with E-state index in [4.69, 9.17) is 0 Å². The molecule has 0 radical (unpaired) electrons. The highest BCUT2D eigenvalue weighted by atomic mass is 19.3. The lowest BCUT2D eigenvalue weighted by Gasteiger charge is -2.35. The van der Waals surface area contributed by atoms with E-state index >= 15 is 0 Å². The zero-order chi connectivity index (χ0) is 21.2. The van der Waals surface area contributed by atoms with Gasteiger partial charge in [0, 0.05) is 38.7 Å². The van der Waals surface area contributed by atoms with Crippen molar-refractivity contribution >= 4 is 11.8 Å². The number of aliphatic hydroxyl groups excluding tert-OH is 1. The fraction of sp³-hybridized carbons (Fsp3) is 0.636. The molecule has 29 heavy (non-hydrogen) atoms. The van der Waals surface area contributed by atoms with Crippen LogP contribution in [-0.4, -0.2) is 59.0 Å². The zero-order valence-corrected chi connectivity index (χ0v) is 17.1. The van der Waals surface area contributed by atoms with Gasteiger partial charge in [-0.15, -0.1) is 0 Å². The van der Waals surface area contributed by atoms with Gasteiger partial charge in [0.15, 0.2) is 0 Å². The first kappa shape index (κ1) is 21.7. The molecule has 5 nitrogen and oxygen atoms in total. The van der Waals surface area contributed by atoms with Crippen LogP contribution in [0.4, 0.5) is 8.78 Å². The third-order valence-corrected chi connectivity index (χ3v) is 6.23. The number of piperidine rings is 1. The van der Waals surface area contributed by atoms with Crippen LogP contribution < -0.4 is 0 Å². The number of nitrogens with zero attached hydrogens (tertiary/aromatic N) is 2. The molecule has 2 amide bonds. The summed E-state index contributed by atoms with van der Waals surface area (Å²) in [5, 5.41) is 10.4. The first-order chi connectivity index (χ1) is 13.7. The number of hydrogen-bond donors (Lipinski definition) is 1. The number of hydrogen-bond acceptors (Lipinski definition) is 3. The highest BCUT2D eigenvalue weighted by molar-refractivity contribution is 5.89. The summed E-state index contributed by atoms with van der Waals surface area (Å²) in [6.07, 6.45) is 2.03. The van der Waals surface area contributed by atoms with Crippen LogP contribution in [0.15, 0.2) is 24.3 Å². The Bertz CT molecular complexity index is 719. The molecule has 0 aliphatic carbocycles. The van der Waals surface area contributed by atoms with Crippen LogP contribution in [0.2, 0.25) is 0 Å². The summed E-state index contributed by atoms with van der Waals surface area (Å²) in [6, 6.07) is 6.43. The molecule has 2 saturated heterocycles. The van der Waals surface area contributed by atoms with Gasteiger partial charge < -0.3 is 14.9 Å². The SMILES string of the molecule is C[C@@H](C(=O)N1CCC(c2ccc(C(C)(F)F)cc2)CC1)[C@@H](O)C(=O)N1CCCC1. The Kier molecular flexibility index (Phi) is 6.56. The van der Waals surface area contributed by atoms with E-state index in [-0.39, 0.29) is 23.3 Å². The number of aliphatic hydroxyl groups is 1. The Morgan fingerprint density at radius 3 is 2.03 bits per heavy atom. The number of amides is 2. The van der Waals surface area contributed by atoms with Crippen molar-refractivity contribution in [3.05, 3.63) is 35.4 Å². The van der Waals surface area contributed by atoms with Gasteiger partial charge in [-0.3, -0.25) is 9.59 Å². The molecule has 1 N–H and O–H groups in total. The summed E-state index contributed by atoms with van der Waals surface area (Å²) in [6.45, 7) is 4.84. The van der Waals surface area contributed by atoms with Crippen molar-refractivity contribution in [2.24, 2.45) is 5.92 Å². The average Bonchev–Trinajstić information content (AvgIpc) is 3.26. The molecule has 0 spiro atoms. The van der Waals surface area contributed by atoms with Gasteiger partial charge in [0.2, 0.25) is 5.91 Å². The number of carbonyl (C=O) groups excluding carboxylic acids is 2. The minimum absolute atomic E-state index is 0.000606. The topological polar surface area (TPSA) is 60.9 Å². The van der Waals surface area contributed by atoms with Crippen LogP contribution in [0.5, 0.6) is 0 Å². The molecule has 2 aliphatic heterocycles. The van der Waals surface area contributed by atoms with Crippen molar-refractivity contribution in [2.75, 3.05) is 26.2 Å². The third-order valence-electron chi connectivity index (χ3n) is 6.23. The Labute approximate surface area is 170 Å². The summed E-state index contributed by atoms with van der Waals surface area (Å²) in [7, 11) is 0. The van der Waals surface area contributed by atoms with E-state index in [1.54, 1.807) is 28.9 Å². The largest absolute Gasteiger partial charge is 0.382 e. The molecular weight excluding hydrogens is 378 g/mol. The summed E-state index contributed by atoms with van der Waals surface area (Å²) in [4.78, 5) is 28.5. The molecule has 160 valence electrons. The summed E-state index contributed by atoms with van der Waals surface area (Å²) in [5.41, 5.74) is 1.00. The maximum absolute atomic E-state index is 13.4. The molecule has 2 fully saturated rings. The second-order valence-corrected chi connectivity index (χ2v) is 8.38. The van der Waals surface area contributed by atoms with Crippen LogP contribution in [0, 0.1) is 5.92 Å². The van der Waals surface area contributed by atoms with E-state index in [1.165, 1.54) is 12.1 Å². The van der Waals surface area contributed by atoms with E-state index in [2.05, 4.69) is 0 Å². The molecule has 3 rings (SSSR count). The first-order valence-electron chi connectivity index (χ1n) is 10.4. The Morgan fingerprint density at radius 2 is 1.52 bits per heavy atom. The van der Waals surface area contributed by atoms with E-state index in [0.29, 0.717) is 26.2 Å². The zero-order valence-electron chi connectivity index (χ0n) is 17.1. The van der Waals surface area contributed by atoms with E-state index < -0.39 is 17.9 Å². The number of halogens is 2. The number of carbonyl (C=O) groups is 2. The molecule has 0 unspecified atom stereocenters. The van der Waals surface area contributed by atoms with Gasteiger partial charge in [-0.05, 0) is 37.2 Å². The number of alkyl halides is 2. The van der Waals surface area contributed by atoms with Gasteiger partial charge in [-0.25, -0.2) is 8.78 Å². The maximum Gasteiger partial charge on any atom is 0.270 e. The first-order valence-corrected chi connectivity index (χ1v) is 10.4. The lowest BCUT2D eigenvalue weighted by molar-refractivity contribution is -0.150. The predicted molar refractivity (Wildman–Crippen MR) is 106 cm³/mol. The number of benzene rings is 1.